The normalized spacial score (nSPS) is 38.4. The molecule has 0 spiro atoms. The van der Waals surface area contributed by atoms with Crippen molar-refractivity contribution in [1.29, 1.82) is 0 Å². The second-order valence-electron chi connectivity index (χ2n) is 11.3. The summed E-state index contributed by atoms with van der Waals surface area (Å²) in [4.78, 5) is 12.9. The molecule has 27 heavy (non-hydrogen) atoms. The summed E-state index contributed by atoms with van der Waals surface area (Å²) in [6.07, 6.45) is 5.92. The molecule has 156 valence electrons. The average molecular weight is 381 g/mol. The first kappa shape index (κ1) is 21.1. The summed E-state index contributed by atoms with van der Waals surface area (Å²) in [7, 11) is 0. The maximum Gasteiger partial charge on any atom is 0.312 e. The topological polar surface area (TPSA) is 44.8 Å². The Morgan fingerprint density at radius 2 is 1.89 bits per heavy atom. The van der Waals surface area contributed by atoms with E-state index in [2.05, 4.69) is 41.5 Å². The Kier molecular flexibility index (Phi) is 5.73. The van der Waals surface area contributed by atoms with Crippen molar-refractivity contribution in [1.82, 2.24) is 0 Å². The highest BCUT2D eigenvalue weighted by Crippen LogP contribution is 2.54. The quantitative estimate of drug-likeness (QED) is 0.594. The van der Waals surface area contributed by atoms with Gasteiger partial charge < -0.3 is 14.2 Å². The predicted octanol–water partition coefficient (Wildman–Crippen LogP) is 5.20. The number of ether oxygens (including phenoxy) is 3. The van der Waals surface area contributed by atoms with Crippen molar-refractivity contribution in [3.8, 4) is 0 Å². The predicted molar refractivity (Wildman–Crippen MR) is 106 cm³/mol. The van der Waals surface area contributed by atoms with Gasteiger partial charge in [-0.3, -0.25) is 4.79 Å². The molecule has 0 aromatic heterocycles. The van der Waals surface area contributed by atoms with Crippen LogP contribution in [-0.4, -0.2) is 31.1 Å². The zero-order valence-corrected chi connectivity index (χ0v) is 18.5. The van der Waals surface area contributed by atoms with E-state index in [-0.39, 0.29) is 23.4 Å². The molecule has 0 aromatic carbocycles. The van der Waals surface area contributed by atoms with Crippen molar-refractivity contribution in [3.63, 3.8) is 0 Å². The van der Waals surface area contributed by atoms with Crippen LogP contribution in [0.1, 0.15) is 80.6 Å². The van der Waals surface area contributed by atoms with Crippen LogP contribution in [0.3, 0.4) is 0 Å². The minimum absolute atomic E-state index is 0.0748. The zero-order valence-electron chi connectivity index (χ0n) is 18.5. The van der Waals surface area contributed by atoms with Gasteiger partial charge in [-0.25, -0.2) is 0 Å². The number of hydrogen-bond acceptors (Lipinski definition) is 4. The number of esters is 1. The molecule has 3 aliphatic rings. The SMILES string of the molecule is CC(C)C(C)(CC(C)(C)C)C(=O)OCC1COC(C)(C2CC3CCC2C3)O1. The molecular weight excluding hydrogens is 340 g/mol. The van der Waals surface area contributed by atoms with Gasteiger partial charge in [-0.15, -0.1) is 0 Å². The molecule has 2 bridgehead atoms. The van der Waals surface area contributed by atoms with Crippen LogP contribution in [0, 0.1) is 34.5 Å². The summed E-state index contributed by atoms with van der Waals surface area (Å²) in [6.45, 7) is 15.7. The van der Waals surface area contributed by atoms with E-state index in [9.17, 15) is 4.79 Å². The van der Waals surface area contributed by atoms with E-state index >= 15 is 0 Å². The summed E-state index contributed by atoms with van der Waals surface area (Å²) < 4.78 is 18.2. The molecule has 2 aliphatic carbocycles. The molecule has 0 amide bonds. The van der Waals surface area contributed by atoms with Crippen LogP contribution < -0.4 is 0 Å². The highest BCUT2D eigenvalue weighted by molar-refractivity contribution is 5.76. The Balaban J connectivity index is 1.55. The highest BCUT2D eigenvalue weighted by Gasteiger charge is 2.53. The van der Waals surface area contributed by atoms with E-state index in [1.54, 1.807) is 0 Å². The van der Waals surface area contributed by atoms with Crippen molar-refractivity contribution in [2.45, 2.75) is 92.5 Å². The minimum Gasteiger partial charge on any atom is -0.462 e. The van der Waals surface area contributed by atoms with Crippen LogP contribution in [0.2, 0.25) is 0 Å². The van der Waals surface area contributed by atoms with Gasteiger partial charge in [0.1, 0.15) is 12.7 Å². The van der Waals surface area contributed by atoms with Crippen molar-refractivity contribution < 1.29 is 19.0 Å². The van der Waals surface area contributed by atoms with Gasteiger partial charge in [0.15, 0.2) is 5.79 Å². The van der Waals surface area contributed by atoms with Gasteiger partial charge in [-0.05, 0) is 62.7 Å². The molecule has 6 atom stereocenters. The van der Waals surface area contributed by atoms with E-state index in [1.165, 1.54) is 25.7 Å². The molecular formula is C23H40O4. The standard InChI is InChI=1S/C23H40O4/c1-15(2)22(6,14-21(3,4)5)20(24)25-12-18-13-26-23(7,27-18)19-11-16-8-9-17(19)10-16/h15-19H,8-14H2,1-7H3. The van der Waals surface area contributed by atoms with Crippen LogP contribution in [-0.2, 0) is 19.0 Å². The molecule has 2 saturated carbocycles. The van der Waals surface area contributed by atoms with Gasteiger partial charge in [0.2, 0.25) is 0 Å². The van der Waals surface area contributed by atoms with E-state index in [1.807, 2.05) is 6.92 Å². The van der Waals surface area contributed by atoms with Crippen LogP contribution in [0.5, 0.6) is 0 Å². The molecule has 3 rings (SSSR count). The zero-order chi connectivity index (χ0) is 20.0. The molecule has 1 heterocycles. The molecule has 4 heteroatoms. The highest BCUT2D eigenvalue weighted by atomic mass is 16.8. The molecule has 3 fully saturated rings. The van der Waals surface area contributed by atoms with Gasteiger partial charge in [0.25, 0.3) is 0 Å². The third kappa shape index (κ3) is 4.37. The number of fused-ring (bicyclic) bond motifs is 2. The number of hydrogen-bond donors (Lipinski definition) is 0. The Morgan fingerprint density at radius 3 is 2.41 bits per heavy atom. The fraction of sp³-hybridized carbons (Fsp3) is 0.957. The molecule has 0 aromatic rings. The number of carbonyl (C=O) groups is 1. The molecule has 0 N–H and O–H groups in total. The Hall–Kier alpha value is -0.610. The lowest BCUT2D eigenvalue weighted by molar-refractivity contribution is -0.207. The van der Waals surface area contributed by atoms with E-state index in [0.29, 0.717) is 19.1 Å². The van der Waals surface area contributed by atoms with Crippen molar-refractivity contribution in [3.05, 3.63) is 0 Å². The van der Waals surface area contributed by atoms with Crippen molar-refractivity contribution in [2.75, 3.05) is 13.2 Å². The average Bonchev–Trinajstić information content (AvgIpc) is 3.26. The van der Waals surface area contributed by atoms with Gasteiger partial charge in [-0.2, -0.15) is 0 Å². The van der Waals surface area contributed by atoms with Crippen LogP contribution in [0.4, 0.5) is 0 Å². The van der Waals surface area contributed by atoms with Gasteiger partial charge >= 0.3 is 5.97 Å². The first-order chi connectivity index (χ1) is 12.4. The molecule has 1 saturated heterocycles. The first-order valence-electron chi connectivity index (χ1n) is 10.9. The van der Waals surface area contributed by atoms with E-state index in [0.717, 1.165) is 18.3 Å². The number of rotatable bonds is 6. The maximum atomic E-state index is 12.9. The molecule has 1 aliphatic heterocycles. The van der Waals surface area contributed by atoms with Crippen LogP contribution >= 0.6 is 0 Å². The van der Waals surface area contributed by atoms with Gasteiger partial charge in [0, 0.05) is 5.92 Å². The smallest absolute Gasteiger partial charge is 0.312 e. The summed E-state index contributed by atoms with van der Waals surface area (Å²) in [5.41, 5.74) is -0.406. The van der Waals surface area contributed by atoms with Crippen molar-refractivity contribution in [2.24, 2.45) is 34.5 Å². The first-order valence-corrected chi connectivity index (χ1v) is 10.9. The molecule has 0 radical (unpaired) electrons. The lowest BCUT2D eigenvalue weighted by Gasteiger charge is -2.37. The lowest BCUT2D eigenvalue weighted by atomic mass is 9.69. The summed E-state index contributed by atoms with van der Waals surface area (Å²) in [6, 6.07) is 0. The fourth-order valence-electron chi connectivity index (χ4n) is 5.77. The maximum absolute atomic E-state index is 12.9. The largest absolute Gasteiger partial charge is 0.462 e. The summed E-state index contributed by atoms with van der Waals surface area (Å²) >= 11 is 0. The fourth-order valence-corrected chi connectivity index (χ4v) is 5.77. The van der Waals surface area contributed by atoms with Crippen LogP contribution in [0.15, 0.2) is 0 Å². The summed E-state index contributed by atoms with van der Waals surface area (Å²) in [5.74, 6) is 1.74. The lowest BCUT2D eigenvalue weighted by Crippen LogP contribution is -2.41. The van der Waals surface area contributed by atoms with Crippen molar-refractivity contribution >= 4 is 5.97 Å². The third-order valence-corrected chi connectivity index (χ3v) is 7.41. The third-order valence-electron chi connectivity index (χ3n) is 7.41. The minimum atomic E-state index is -0.496. The molecule has 4 nitrogen and oxygen atoms in total. The van der Waals surface area contributed by atoms with Gasteiger partial charge in [-0.1, -0.05) is 41.0 Å². The van der Waals surface area contributed by atoms with E-state index < -0.39 is 11.2 Å². The van der Waals surface area contributed by atoms with E-state index in [4.69, 9.17) is 14.2 Å². The Labute approximate surface area is 165 Å². The van der Waals surface area contributed by atoms with Crippen LogP contribution in [0.25, 0.3) is 0 Å². The molecule has 6 unspecified atom stereocenters. The van der Waals surface area contributed by atoms with Gasteiger partial charge in [0.05, 0.1) is 12.0 Å². The second kappa shape index (κ2) is 7.33. The second-order valence-corrected chi connectivity index (χ2v) is 11.3. The Bertz CT molecular complexity index is 551. The number of carbonyl (C=O) groups excluding carboxylic acids is 1. The summed E-state index contributed by atoms with van der Waals surface area (Å²) in [5, 5.41) is 0. The Morgan fingerprint density at radius 1 is 1.19 bits per heavy atom. The monoisotopic (exact) mass is 380 g/mol.